The number of rotatable bonds is 2. The van der Waals surface area contributed by atoms with E-state index in [1.165, 1.54) is 12.5 Å². The highest BCUT2D eigenvalue weighted by Crippen LogP contribution is 2.18. The van der Waals surface area contributed by atoms with Crippen LogP contribution >= 0.6 is 23.2 Å². The van der Waals surface area contributed by atoms with E-state index in [1.807, 2.05) is 0 Å². The predicted molar refractivity (Wildman–Crippen MR) is 66.4 cm³/mol. The minimum Gasteiger partial charge on any atom is -0.348 e. The van der Waals surface area contributed by atoms with Crippen LogP contribution in [0.5, 0.6) is 0 Å². The van der Waals surface area contributed by atoms with Gasteiger partial charge in [0.25, 0.3) is 5.91 Å². The Morgan fingerprint density at radius 2 is 1.94 bits per heavy atom. The van der Waals surface area contributed by atoms with E-state index in [2.05, 4.69) is 15.3 Å². The van der Waals surface area contributed by atoms with Crippen LogP contribution in [0.4, 0.5) is 0 Å². The van der Waals surface area contributed by atoms with Crippen molar-refractivity contribution in [3.8, 4) is 0 Å². The standard InChI is InChI=1S/C11H13Cl2N3O/c12-9-6-8(15-11(13)16-9)10(17)14-7-4-2-1-3-5-7/h6-7H,1-5H2,(H,14,17). The second-order valence-electron chi connectivity index (χ2n) is 4.15. The van der Waals surface area contributed by atoms with Crippen molar-refractivity contribution in [3.63, 3.8) is 0 Å². The summed E-state index contributed by atoms with van der Waals surface area (Å²) in [6.07, 6.45) is 5.63. The van der Waals surface area contributed by atoms with Crippen molar-refractivity contribution < 1.29 is 4.79 Å². The first kappa shape index (κ1) is 12.6. The molecule has 1 amide bonds. The van der Waals surface area contributed by atoms with Crippen molar-refractivity contribution in [2.75, 3.05) is 0 Å². The lowest BCUT2D eigenvalue weighted by atomic mass is 9.95. The SMILES string of the molecule is O=C(NC1CCCCC1)c1cc(Cl)nc(Cl)n1. The van der Waals surface area contributed by atoms with Crippen molar-refractivity contribution in [2.45, 2.75) is 38.1 Å². The summed E-state index contributed by atoms with van der Waals surface area (Å²) in [6, 6.07) is 1.66. The molecule has 0 aromatic carbocycles. The summed E-state index contributed by atoms with van der Waals surface area (Å²) in [5.41, 5.74) is 0.223. The number of nitrogens with one attached hydrogen (secondary N) is 1. The zero-order chi connectivity index (χ0) is 12.3. The Kier molecular flexibility index (Phi) is 4.18. The van der Waals surface area contributed by atoms with Gasteiger partial charge in [-0.2, -0.15) is 0 Å². The van der Waals surface area contributed by atoms with Gasteiger partial charge in [-0.25, -0.2) is 9.97 Å². The van der Waals surface area contributed by atoms with Gasteiger partial charge >= 0.3 is 0 Å². The van der Waals surface area contributed by atoms with Gasteiger partial charge in [0.05, 0.1) is 0 Å². The molecule has 0 unspecified atom stereocenters. The number of carbonyl (C=O) groups excluding carboxylic acids is 1. The molecule has 0 saturated heterocycles. The molecule has 0 radical (unpaired) electrons. The number of carbonyl (C=O) groups is 1. The summed E-state index contributed by atoms with van der Waals surface area (Å²) in [5.74, 6) is -0.233. The first-order valence-electron chi connectivity index (χ1n) is 5.66. The minimum absolute atomic E-state index is 0.00806. The van der Waals surface area contributed by atoms with Crippen molar-refractivity contribution in [2.24, 2.45) is 0 Å². The molecule has 0 atom stereocenters. The van der Waals surface area contributed by atoms with Crippen LogP contribution in [0.3, 0.4) is 0 Å². The van der Waals surface area contributed by atoms with Gasteiger partial charge in [0.1, 0.15) is 10.8 Å². The van der Waals surface area contributed by atoms with E-state index in [1.54, 1.807) is 0 Å². The minimum atomic E-state index is -0.233. The summed E-state index contributed by atoms with van der Waals surface area (Å²) < 4.78 is 0. The molecule has 1 aliphatic rings. The van der Waals surface area contributed by atoms with E-state index in [0.29, 0.717) is 0 Å². The van der Waals surface area contributed by atoms with Gasteiger partial charge in [-0.15, -0.1) is 0 Å². The van der Waals surface area contributed by atoms with E-state index in [-0.39, 0.29) is 28.1 Å². The summed E-state index contributed by atoms with van der Waals surface area (Å²) in [5, 5.41) is 3.11. The molecule has 1 fully saturated rings. The average Bonchev–Trinajstić information content (AvgIpc) is 2.29. The third kappa shape index (κ3) is 3.54. The van der Waals surface area contributed by atoms with E-state index < -0.39 is 0 Å². The monoisotopic (exact) mass is 273 g/mol. The molecule has 92 valence electrons. The smallest absolute Gasteiger partial charge is 0.270 e. The second kappa shape index (κ2) is 5.65. The Morgan fingerprint density at radius 3 is 2.59 bits per heavy atom. The van der Waals surface area contributed by atoms with Gasteiger partial charge in [-0.05, 0) is 24.4 Å². The molecule has 1 aromatic heterocycles. The van der Waals surface area contributed by atoms with Crippen LogP contribution < -0.4 is 5.32 Å². The second-order valence-corrected chi connectivity index (χ2v) is 4.88. The zero-order valence-corrected chi connectivity index (χ0v) is 10.8. The Hall–Kier alpha value is -0.870. The quantitative estimate of drug-likeness (QED) is 0.666. The molecule has 0 aliphatic heterocycles. The lowest BCUT2D eigenvalue weighted by Crippen LogP contribution is -2.36. The first-order valence-corrected chi connectivity index (χ1v) is 6.41. The van der Waals surface area contributed by atoms with Crippen molar-refractivity contribution in [3.05, 3.63) is 22.2 Å². The molecular weight excluding hydrogens is 261 g/mol. The van der Waals surface area contributed by atoms with Crippen LogP contribution in [0.2, 0.25) is 10.4 Å². The topological polar surface area (TPSA) is 54.9 Å². The van der Waals surface area contributed by atoms with Crippen LogP contribution in [-0.2, 0) is 0 Å². The number of amides is 1. The highest BCUT2D eigenvalue weighted by Gasteiger charge is 2.18. The summed E-state index contributed by atoms with van der Waals surface area (Å²) in [6.45, 7) is 0. The van der Waals surface area contributed by atoms with Crippen LogP contribution in [-0.4, -0.2) is 21.9 Å². The number of halogens is 2. The first-order chi connectivity index (χ1) is 8.15. The fourth-order valence-corrected chi connectivity index (χ4v) is 2.42. The molecule has 1 saturated carbocycles. The van der Waals surface area contributed by atoms with E-state index in [4.69, 9.17) is 23.2 Å². The summed E-state index contributed by atoms with van der Waals surface area (Å²) in [4.78, 5) is 19.5. The number of hydrogen-bond acceptors (Lipinski definition) is 3. The molecule has 4 nitrogen and oxygen atoms in total. The molecule has 17 heavy (non-hydrogen) atoms. The Morgan fingerprint density at radius 1 is 1.24 bits per heavy atom. The highest BCUT2D eigenvalue weighted by atomic mass is 35.5. The fraction of sp³-hybridized carbons (Fsp3) is 0.545. The maximum atomic E-state index is 11.9. The van der Waals surface area contributed by atoms with Gasteiger partial charge in [-0.3, -0.25) is 4.79 Å². The normalized spacial score (nSPS) is 16.8. The average molecular weight is 274 g/mol. The van der Waals surface area contributed by atoms with Crippen molar-refractivity contribution in [1.82, 2.24) is 15.3 Å². The van der Waals surface area contributed by atoms with Crippen LogP contribution in [0.1, 0.15) is 42.6 Å². The number of aromatic nitrogens is 2. The molecule has 6 heteroatoms. The van der Waals surface area contributed by atoms with Crippen LogP contribution in [0, 0.1) is 0 Å². The molecule has 0 spiro atoms. The van der Waals surface area contributed by atoms with E-state index >= 15 is 0 Å². The van der Waals surface area contributed by atoms with Gasteiger partial charge in [-0.1, -0.05) is 30.9 Å². The molecule has 1 aliphatic carbocycles. The van der Waals surface area contributed by atoms with Crippen molar-refractivity contribution >= 4 is 29.1 Å². The molecular formula is C11H13Cl2N3O. The highest BCUT2D eigenvalue weighted by molar-refractivity contribution is 6.32. The summed E-state index contributed by atoms with van der Waals surface area (Å²) in [7, 11) is 0. The zero-order valence-electron chi connectivity index (χ0n) is 9.25. The largest absolute Gasteiger partial charge is 0.348 e. The lowest BCUT2D eigenvalue weighted by molar-refractivity contribution is 0.0922. The molecule has 1 heterocycles. The third-order valence-electron chi connectivity index (χ3n) is 2.84. The van der Waals surface area contributed by atoms with Gasteiger partial charge < -0.3 is 5.32 Å². The lowest BCUT2D eigenvalue weighted by Gasteiger charge is -2.22. The summed E-state index contributed by atoms with van der Waals surface area (Å²) >= 11 is 11.4. The van der Waals surface area contributed by atoms with Crippen LogP contribution in [0.25, 0.3) is 0 Å². The number of nitrogens with zero attached hydrogens (tertiary/aromatic N) is 2. The Labute approximate surface area is 110 Å². The molecule has 1 aromatic rings. The third-order valence-corrected chi connectivity index (χ3v) is 3.20. The Bertz CT molecular complexity index is 399. The molecule has 1 N–H and O–H groups in total. The van der Waals surface area contributed by atoms with E-state index in [0.717, 1.165) is 25.7 Å². The van der Waals surface area contributed by atoms with Gasteiger partial charge in [0.15, 0.2) is 0 Å². The molecule has 2 rings (SSSR count). The Balaban J connectivity index is 2.03. The maximum absolute atomic E-state index is 11.9. The van der Waals surface area contributed by atoms with E-state index in [9.17, 15) is 4.79 Å². The fourth-order valence-electron chi connectivity index (χ4n) is 2.01. The number of hydrogen-bond donors (Lipinski definition) is 1. The van der Waals surface area contributed by atoms with Gasteiger partial charge in [0, 0.05) is 12.1 Å². The van der Waals surface area contributed by atoms with Crippen LogP contribution in [0.15, 0.2) is 6.07 Å². The maximum Gasteiger partial charge on any atom is 0.270 e. The van der Waals surface area contributed by atoms with Crippen molar-refractivity contribution in [1.29, 1.82) is 0 Å². The van der Waals surface area contributed by atoms with Gasteiger partial charge in [0.2, 0.25) is 5.28 Å². The predicted octanol–water partition coefficient (Wildman–Crippen LogP) is 2.85. The molecule has 0 bridgehead atoms.